The van der Waals surface area contributed by atoms with Gasteiger partial charge in [0.15, 0.2) is 0 Å². The average Bonchev–Trinajstić information content (AvgIpc) is 2.61. The summed E-state index contributed by atoms with van der Waals surface area (Å²) in [5.74, 6) is 0.279. The third-order valence-electron chi connectivity index (χ3n) is 3.38. The Hall–Kier alpha value is -2.48. The van der Waals surface area contributed by atoms with Gasteiger partial charge in [0.1, 0.15) is 12.0 Å². The van der Waals surface area contributed by atoms with Crippen LogP contribution in [0.15, 0.2) is 47.1 Å². The zero-order valence-corrected chi connectivity index (χ0v) is 15.1. The molecule has 0 spiro atoms. The van der Waals surface area contributed by atoms with Crippen LogP contribution in [0.2, 0.25) is 0 Å². The number of aromatic nitrogens is 1. The van der Waals surface area contributed by atoms with Crippen LogP contribution in [0, 0.1) is 10.1 Å². The Balaban J connectivity index is 1.57. The topological polar surface area (TPSA) is 94.4 Å². The maximum atomic E-state index is 11.8. The van der Waals surface area contributed by atoms with E-state index in [2.05, 4.69) is 26.2 Å². The standard InChI is InChI=1S/C17H18BrN3O4/c18-14-6-4-5-13(11-14)17(22)25-10-3-1-2-9-19-16-8-7-15(12-20-16)21(23)24/h4-8,11-12H,1-3,9-10H2,(H,19,20). The Morgan fingerprint density at radius 1 is 1.24 bits per heavy atom. The van der Waals surface area contributed by atoms with Crippen LogP contribution >= 0.6 is 15.9 Å². The van der Waals surface area contributed by atoms with Crippen molar-refractivity contribution in [3.63, 3.8) is 0 Å². The van der Waals surface area contributed by atoms with Crippen LogP contribution in [-0.2, 0) is 4.74 Å². The molecule has 1 N–H and O–H groups in total. The zero-order valence-electron chi connectivity index (χ0n) is 13.5. The number of halogens is 1. The summed E-state index contributed by atoms with van der Waals surface area (Å²) in [6.45, 7) is 1.07. The largest absolute Gasteiger partial charge is 0.462 e. The number of esters is 1. The maximum absolute atomic E-state index is 11.8. The summed E-state index contributed by atoms with van der Waals surface area (Å²) >= 11 is 3.32. The number of benzene rings is 1. The second kappa shape index (κ2) is 9.73. The second-order valence-electron chi connectivity index (χ2n) is 5.29. The van der Waals surface area contributed by atoms with Gasteiger partial charge >= 0.3 is 5.97 Å². The highest BCUT2D eigenvalue weighted by Gasteiger charge is 2.07. The van der Waals surface area contributed by atoms with Gasteiger partial charge in [-0.1, -0.05) is 22.0 Å². The van der Waals surface area contributed by atoms with Crippen LogP contribution in [-0.4, -0.2) is 29.0 Å². The summed E-state index contributed by atoms with van der Waals surface area (Å²) in [6.07, 6.45) is 3.78. The molecule has 0 atom stereocenters. The molecule has 0 bridgehead atoms. The van der Waals surface area contributed by atoms with Gasteiger partial charge < -0.3 is 10.1 Å². The molecule has 0 amide bonds. The number of carbonyl (C=O) groups is 1. The van der Waals surface area contributed by atoms with E-state index in [1.807, 2.05) is 6.07 Å². The number of hydrogen-bond donors (Lipinski definition) is 1. The molecule has 7 nitrogen and oxygen atoms in total. The first-order valence-electron chi connectivity index (χ1n) is 7.83. The van der Waals surface area contributed by atoms with Crippen LogP contribution in [0.1, 0.15) is 29.6 Å². The number of hydrogen-bond acceptors (Lipinski definition) is 6. The van der Waals surface area contributed by atoms with Crippen molar-refractivity contribution < 1.29 is 14.5 Å². The predicted molar refractivity (Wildman–Crippen MR) is 97.7 cm³/mol. The Labute approximate surface area is 153 Å². The molecule has 1 aromatic heterocycles. The average molecular weight is 408 g/mol. The fraction of sp³-hybridized carbons (Fsp3) is 0.294. The molecule has 1 aromatic carbocycles. The lowest BCUT2D eigenvalue weighted by Gasteiger charge is -2.06. The first kappa shape index (κ1) is 18.9. The van der Waals surface area contributed by atoms with Crippen LogP contribution in [0.5, 0.6) is 0 Å². The monoisotopic (exact) mass is 407 g/mol. The van der Waals surface area contributed by atoms with Crippen molar-refractivity contribution in [1.29, 1.82) is 0 Å². The quantitative estimate of drug-likeness (QED) is 0.289. The van der Waals surface area contributed by atoms with E-state index in [9.17, 15) is 14.9 Å². The normalized spacial score (nSPS) is 10.3. The molecular formula is C17H18BrN3O4. The molecule has 0 aliphatic rings. The van der Waals surface area contributed by atoms with E-state index < -0.39 is 4.92 Å². The molecule has 0 aliphatic carbocycles. The van der Waals surface area contributed by atoms with Crippen molar-refractivity contribution >= 4 is 33.4 Å². The van der Waals surface area contributed by atoms with Crippen molar-refractivity contribution in [1.82, 2.24) is 4.98 Å². The lowest BCUT2D eigenvalue weighted by molar-refractivity contribution is -0.385. The number of pyridine rings is 1. The van der Waals surface area contributed by atoms with Gasteiger partial charge in [-0.05, 0) is 43.5 Å². The first-order chi connectivity index (χ1) is 12.1. The summed E-state index contributed by atoms with van der Waals surface area (Å²) in [5.41, 5.74) is 0.498. The molecule has 8 heteroatoms. The lowest BCUT2D eigenvalue weighted by atomic mass is 10.2. The van der Waals surface area contributed by atoms with Gasteiger partial charge in [0.05, 0.1) is 17.1 Å². The van der Waals surface area contributed by atoms with Gasteiger partial charge in [0, 0.05) is 17.1 Å². The number of nitrogens with one attached hydrogen (secondary N) is 1. The van der Waals surface area contributed by atoms with Gasteiger partial charge in [-0.15, -0.1) is 0 Å². The fourth-order valence-electron chi connectivity index (χ4n) is 2.08. The number of nitrogens with zero attached hydrogens (tertiary/aromatic N) is 2. The van der Waals surface area contributed by atoms with Gasteiger partial charge in [0.25, 0.3) is 5.69 Å². The van der Waals surface area contributed by atoms with Crippen molar-refractivity contribution in [2.75, 3.05) is 18.5 Å². The van der Waals surface area contributed by atoms with E-state index in [0.717, 1.165) is 23.7 Å². The van der Waals surface area contributed by atoms with Gasteiger partial charge in [-0.25, -0.2) is 9.78 Å². The molecule has 0 saturated heterocycles. The Morgan fingerprint density at radius 3 is 2.76 bits per heavy atom. The van der Waals surface area contributed by atoms with Crippen LogP contribution in [0.4, 0.5) is 11.5 Å². The molecule has 0 aliphatic heterocycles. The smallest absolute Gasteiger partial charge is 0.338 e. The molecule has 25 heavy (non-hydrogen) atoms. The lowest BCUT2D eigenvalue weighted by Crippen LogP contribution is -2.07. The van der Waals surface area contributed by atoms with Gasteiger partial charge in [-0.2, -0.15) is 0 Å². The van der Waals surface area contributed by atoms with Crippen LogP contribution < -0.4 is 5.32 Å². The number of nitro groups is 1. The van der Waals surface area contributed by atoms with E-state index in [-0.39, 0.29) is 11.7 Å². The summed E-state index contributed by atoms with van der Waals surface area (Å²) in [4.78, 5) is 25.9. The zero-order chi connectivity index (χ0) is 18.1. The summed E-state index contributed by atoms with van der Waals surface area (Å²) in [5, 5.41) is 13.6. The molecular weight excluding hydrogens is 390 g/mol. The SMILES string of the molecule is O=C(OCCCCCNc1ccc([N+](=O)[O-])cn1)c1cccc(Br)c1. The summed E-state index contributed by atoms with van der Waals surface area (Å²) in [6, 6.07) is 10.1. The molecule has 0 fully saturated rings. The Morgan fingerprint density at radius 2 is 2.08 bits per heavy atom. The Kier molecular flexibility index (Phi) is 7.34. The van der Waals surface area contributed by atoms with E-state index >= 15 is 0 Å². The number of ether oxygens (including phenoxy) is 1. The highest BCUT2D eigenvalue weighted by molar-refractivity contribution is 9.10. The highest BCUT2D eigenvalue weighted by Crippen LogP contribution is 2.13. The van der Waals surface area contributed by atoms with Crippen LogP contribution in [0.25, 0.3) is 0 Å². The molecule has 0 radical (unpaired) electrons. The third kappa shape index (κ3) is 6.50. The summed E-state index contributed by atoms with van der Waals surface area (Å²) in [7, 11) is 0. The number of carbonyl (C=O) groups excluding carboxylic acids is 1. The number of unbranched alkanes of at least 4 members (excludes halogenated alkanes) is 2. The minimum Gasteiger partial charge on any atom is -0.462 e. The fourth-order valence-corrected chi connectivity index (χ4v) is 2.48. The van der Waals surface area contributed by atoms with E-state index in [1.54, 1.807) is 24.3 Å². The summed E-state index contributed by atoms with van der Waals surface area (Å²) < 4.78 is 6.07. The molecule has 2 aromatic rings. The Bertz CT molecular complexity index is 722. The van der Waals surface area contributed by atoms with Crippen molar-refractivity contribution in [3.05, 3.63) is 62.7 Å². The number of rotatable bonds is 9. The molecule has 132 valence electrons. The molecule has 2 rings (SSSR count). The van der Waals surface area contributed by atoms with Crippen LogP contribution in [0.3, 0.4) is 0 Å². The van der Waals surface area contributed by atoms with E-state index in [4.69, 9.17) is 4.74 Å². The highest BCUT2D eigenvalue weighted by atomic mass is 79.9. The number of anilines is 1. The van der Waals surface area contributed by atoms with Crippen molar-refractivity contribution in [2.24, 2.45) is 0 Å². The van der Waals surface area contributed by atoms with Crippen molar-refractivity contribution in [2.45, 2.75) is 19.3 Å². The van der Waals surface area contributed by atoms with Gasteiger partial charge in [-0.3, -0.25) is 10.1 Å². The van der Waals surface area contributed by atoms with E-state index in [1.165, 1.54) is 12.3 Å². The molecule has 0 saturated carbocycles. The molecule has 0 unspecified atom stereocenters. The minimum atomic E-state index is -0.480. The minimum absolute atomic E-state index is 0.0298. The molecule has 1 heterocycles. The van der Waals surface area contributed by atoms with Gasteiger partial charge in [0.2, 0.25) is 0 Å². The second-order valence-corrected chi connectivity index (χ2v) is 6.21. The maximum Gasteiger partial charge on any atom is 0.338 e. The predicted octanol–water partition coefficient (Wildman–Crippen LogP) is 4.19. The van der Waals surface area contributed by atoms with Crippen molar-refractivity contribution in [3.8, 4) is 0 Å². The first-order valence-corrected chi connectivity index (χ1v) is 8.62. The van der Waals surface area contributed by atoms with E-state index in [0.29, 0.717) is 24.5 Å². The third-order valence-corrected chi connectivity index (χ3v) is 3.87.